The first-order valence-corrected chi connectivity index (χ1v) is 9.25. The third kappa shape index (κ3) is 4.61. The highest BCUT2D eigenvalue weighted by molar-refractivity contribution is 7.99. The Hall–Kier alpha value is -2.39. The molecule has 138 valence electrons. The topological polar surface area (TPSA) is 109 Å². The van der Waals surface area contributed by atoms with Gasteiger partial charge < -0.3 is 19.8 Å². The van der Waals surface area contributed by atoms with Crippen LogP contribution in [0.15, 0.2) is 40.0 Å². The second-order valence-corrected chi connectivity index (χ2v) is 7.05. The number of aliphatic hydroxyl groups is 1. The highest BCUT2D eigenvalue weighted by Crippen LogP contribution is 2.17. The summed E-state index contributed by atoms with van der Waals surface area (Å²) in [7, 11) is 0. The molecule has 9 heteroatoms. The molecular weight excluding hydrogens is 356 g/mol. The molecular formula is C17H20N4O4S. The van der Waals surface area contributed by atoms with Gasteiger partial charge in [-0.25, -0.2) is 4.98 Å². The molecule has 0 spiro atoms. The van der Waals surface area contributed by atoms with Gasteiger partial charge in [0.1, 0.15) is 5.76 Å². The van der Waals surface area contributed by atoms with Crippen LogP contribution in [0.4, 0.5) is 0 Å². The Bertz CT molecular complexity index is 767. The fourth-order valence-corrected chi connectivity index (χ4v) is 3.47. The fraction of sp³-hybridized carbons (Fsp3) is 0.412. The first-order chi connectivity index (χ1) is 12.5. The Morgan fingerprint density at radius 2 is 2.31 bits per heavy atom. The quantitative estimate of drug-likeness (QED) is 0.745. The van der Waals surface area contributed by atoms with Gasteiger partial charge >= 0.3 is 0 Å². The largest absolute Gasteiger partial charge is 0.389 e. The molecule has 1 saturated heterocycles. The molecule has 1 aliphatic rings. The molecule has 2 aromatic rings. The lowest BCUT2D eigenvalue weighted by Crippen LogP contribution is -2.55. The lowest BCUT2D eigenvalue weighted by atomic mass is 10.0. The minimum Gasteiger partial charge on any atom is -0.389 e. The number of pyridine rings is 1. The van der Waals surface area contributed by atoms with Crippen LogP contribution in [-0.2, 0) is 4.79 Å². The third-order valence-electron chi connectivity index (χ3n) is 4.09. The van der Waals surface area contributed by atoms with Gasteiger partial charge in [0, 0.05) is 25.4 Å². The van der Waals surface area contributed by atoms with Crippen molar-refractivity contribution >= 4 is 23.6 Å². The maximum absolute atomic E-state index is 12.3. The Morgan fingerprint density at radius 1 is 1.46 bits per heavy atom. The molecule has 3 rings (SSSR count). The number of carbonyl (C=O) groups excluding carboxylic acids is 2. The number of aryl methyl sites for hydroxylation is 1. The van der Waals surface area contributed by atoms with Crippen molar-refractivity contribution in [2.24, 2.45) is 0 Å². The molecule has 26 heavy (non-hydrogen) atoms. The molecule has 0 aliphatic carbocycles. The van der Waals surface area contributed by atoms with Crippen LogP contribution in [0.3, 0.4) is 0 Å². The van der Waals surface area contributed by atoms with Gasteiger partial charge in [0.15, 0.2) is 5.69 Å². The molecule has 0 saturated carbocycles. The van der Waals surface area contributed by atoms with E-state index in [4.69, 9.17) is 4.52 Å². The number of aliphatic hydroxyl groups excluding tert-OH is 1. The van der Waals surface area contributed by atoms with Gasteiger partial charge in [-0.15, -0.1) is 0 Å². The first kappa shape index (κ1) is 18.4. The molecule has 2 amide bonds. The molecule has 0 radical (unpaired) electrons. The number of hydrogen-bond donors (Lipinski definition) is 2. The van der Waals surface area contributed by atoms with Gasteiger partial charge in [0.05, 0.1) is 22.9 Å². The highest BCUT2D eigenvalue weighted by Gasteiger charge is 2.31. The van der Waals surface area contributed by atoms with Crippen LogP contribution in [-0.4, -0.2) is 62.9 Å². The van der Waals surface area contributed by atoms with Gasteiger partial charge in [-0.05, 0) is 25.5 Å². The van der Waals surface area contributed by atoms with E-state index in [-0.39, 0.29) is 23.9 Å². The number of aromatic nitrogens is 2. The summed E-state index contributed by atoms with van der Waals surface area (Å²) in [5, 5.41) is 17.5. The molecule has 1 aliphatic heterocycles. The van der Waals surface area contributed by atoms with Gasteiger partial charge in [0.25, 0.3) is 5.91 Å². The van der Waals surface area contributed by atoms with E-state index < -0.39 is 18.1 Å². The molecule has 0 unspecified atom stereocenters. The summed E-state index contributed by atoms with van der Waals surface area (Å²) in [6, 6.07) is 6.65. The summed E-state index contributed by atoms with van der Waals surface area (Å²) in [5.74, 6) is 0.355. The lowest BCUT2D eigenvalue weighted by Gasteiger charge is -2.36. The van der Waals surface area contributed by atoms with Crippen LogP contribution < -0.4 is 5.32 Å². The van der Waals surface area contributed by atoms with E-state index in [0.29, 0.717) is 18.7 Å². The summed E-state index contributed by atoms with van der Waals surface area (Å²) in [6.07, 6.45) is 1.33. The Balaban J connectivity index is 1.48. The Labute approximate surface area is 155 Å². The van der Waals surface area contributed by atoms with Crippen LogP contribution in [0, 0.1) is 6.92 Å². The number of nitrogens with one attached hydrogen (secondary N) is 1. The maximum atomic E-state index is 12.3. The number of hydrogen-bond acceptors (Lipinski definition) is 7. The maximum Gasteiger partial charge on any atom is 0.273 e. The second-order valence-electron chi connectivity index (χ2n) is 6.06. The van der Waals surface area contributed by atoms with E-state index in [0.717, 1.165) is 5.03 Å². The molecule has 1 fully saturated rings. The average molecular weight is 376 g/mol. The van der Waals surface area contributed by atoms with Gasteiger partial charge in [-0.2, -0.15) is 0 Å². The number of rotatable bonds is 5. The predicted octanol–water partition coefficient (Wildman–Crippen LogP) is 0.862. The van der Waals surface area contributed by atoms with E-state index in [1.54, 1.807) is 18.0 Å². The summed E-state index contributed by atoms with van der Waals surface area (Å²) in [4.78, 5) is 30.2. The number of thioether (sulfide) groups is 1. The highest BCUT2D eigenvalue weighted by atomic mass is 32.2. The number of piperidine rings is 1. The minimum absolute atomic E-state index is 0.0587. The summed E-state index contributed by atoms with van der Waals surface area (Å²) >= 11 is 1.36. The molecule has 8 nitrogen and oxygen atoms in total. The first-order valence-electron chi connectivity index (χ1n) is 8.27. The van der Waals surface area contributed by atoms with Crippen molar-refractivity contribution in [1.29, 1.82) is 0 Å². The van der Waals surface area contributed by atoms with E-state index in [1.807, 2.05) is 18.2 Å². The zero-order valence-corrected chi connectivity index (χ0v) is 15.1. The van der Waals surface area contributed by atoms with Crippen LogP contribution >= 0.6 is 11.8 Å². The predicted molar refractivity (Wildman–Crippen MR) is 94.7 cm³/mol. The summed E-state index contributed by atoms with van der Waals surface area (Å²) in [6.45, 7) is 2.36. The third-order valence-corrected chi connectivity index (χ3v) is 5.02. The van der Waals surface area contributed by atoms with Gasteiger partial charge in [-0.3, -0.25) is 9.59 Å². The number of nitrogens with zero attached hydrogens (tertiary/aromatic N) is 3. The Morgan fingerprint density at radius 3 is 2.96 bits per heavy atom. The van der Waals surface area contributed by atoms with Crippen molar-refractivity contribution in [3.8, 4) is 0 Å². The van der Waals surface area contributed by atoms with Crippen molar-refractivity contribution < 1.29 is 19.2 Å². The van der Waals surface area contributed by atoms with Crippen LogP contribution in [0.5, 0.6) is 0 Å². The second kappa shape index (κ2) is 8.33. The van der Waals surface area contributed by atoms with Crippen molar-refractivity contribution in [2.75, 3.05) is 18.8 Å². The molecule has 3 heterocycles. The van der Waals surface area contributed by atoms with E-state index in [9.17, 15) is 14.7 Å². The van der Waals surface area contributed by atoms with E-state index in [1.165, 1.54) is 17.8 Å². The van der Waals surface area contributed by atoms with Crippen LogP contribution in [0.2, 0.25) is 0 Å². The number of amides is 2. The summed E-state index contributed by atoms with van der Waals surface area (Å²) in [5.41, 5.74) is 0.181. The molecule has 0 bridgehead atoms. The summed E-state index contributed by atoms with van der Waals surface area (Å²) < 4.78 is 4.88. The monoisotopic (exact) mass is 376 g/mol. The fourth-order valence-electron chi connectivity index (χ4n) is 2.70. The zero-order chi connectivity index (χ0) is 18.5. The molecule has 2 atom stereocenters. The minimum atomic E-state index is -0.829. The van der Waals surface area contributed by atoms with Crippen molar-refractivity contribution in [3.05, 3.63) is 41.9 Å². The van der Waals surface area contributed by atoms with E-state index in [2.05, 4.69) is 15.5 Å². The van der Waals surface area contributed by atoms with Crippen LogP contribution in [0.25, 0.3) is 0 Å². The number of carbonyl (C=O) groups is 2. The standard InChI is InChI=1S/C17H20N4O4S/c1-11-8-13(20-25-11)17(24)19-12-5-7-21(9-14(12)22)16(23)10-26-15-4-2-3-6-18-15/h2-4,6,8,12,14,22H,5,7,9-10H2,1H3,(H,19,24)/t12-,14-/m1/s1. The average Bonchev–Trinajstić information content (AvgIpc) is 3.08. The Kier molecular flexibility index (Phi) is 5.89. The van der Waals surface area contributed by atoms with E-state index >= 15 is 0 Å². The van der Waals surface area contributed by atoms with Gasteiger partial charge in [0.2, 0.25) is 5.91 Å². The van der Waals surface area contributed by atoms with Crippen molar-refractivity contribution in [1.82, 2.24) is 20.4 Å². The lowest BCUT2D eigenvalue weighted by molar-refractivity contribution is -0.131. The number of β-amino-alcohol motifs (C(OH)–C–C–N with tert-alkyl or cyclic N) is 1. The molecule has 2 N–H and O–H groups in total. The van der Waals surface area contributed by atoms with Crippen molar-refractivity contribution in [2.45, 2.75) is 30.5 Å². The smallest absolute Gasteiger partial charge is 0.273 e. The van der Waals surface area contributed by atoms with Crippen LogP contribution in [0.1, 0.15) is 22.7 Å². The normalized spacial score (nSPS) is 20.0. The van der Waals surface area contributed by atoms with Crippen molar-refractivity contribution in [3.63, 3.8) is 0 Å². The molecule has 0 aromatic carbocycles. The zero-order valence-electron chi connectivity index (χ0n) is 14.3. The van der Waals surface area contributed by atoms with Gasteiger partial charge in [-0.1, -0.05) is 23.0 Å². The molecule has 2 aromatic heterocycles. The SMILES string of the molecule is Cc1cc(C(=O)N[C@@H]2CCN(C(=O)CSc3ccccn3)C[C@H]2O)no1. The number of likely N-dealkylation sites (tertiary alicyclic amines) is 1.